The van der Waals surface area contributed by atoms with Crippen molar-refractivity contribution in [3.63, 3.8) is 0 Å². The molecular weight excluding hydrogens is 200 g/mol. The summed E-state index contributed by atoms with van der Waals surface area (Å²) in [5, 5.41) is 0. The number of halogens is 1. The number of hydrogen-bond acceptors (Lipinski definition) is 0. The lowest BCUT2D eigenvalue weighted by atomic mass is 9.87. The summed E-state index contributed by atoms with van der Waals surface area (Å²) in [6.45, 7) is 2.33. The SMILES string of the molecule is CCC1CC[CH]([Mg][Br])CC1. The fraction of sp³-hybridized carbons (Fsp3) is 1.00. The van der Waals surface area contributed by atoms with Crippen LogP contribution in [0.15, 0.2) is 0 Å². The Kier molecular flexibility index (Phi) is 4.66. The fourth-order valence-corrected chi connectivity index (χ4v) is 4.52. The highest BCUT2D eigenvalue weighted by Crippen LogP contribution is 2.34. The van der Waals surface area contributed by atoms with Crippen molar-refractivity contribution in [2.24, 2.45) is 5.92 Å². The molecule has 0 saturated heterocycles. The Morgan fingerprint density at radius 2 is 1.90 bits per heavy atom. The van der Waals surface area contributed by atoms with Crippen molar-refractivity contribution >= 4 is 31.1 Å². The maximum atomic E-state index is 3.69. The van der Waals surface area contributed by atoms with E-state index < -0.39 is 0 Å². The van der Waals surface area contributed by atoms with Gasteiger partial charge in [-0.3, -0.25) is 0 Å². The van der Waals surface area contributed by atoms with Crippen LogP contribution in [0, 0.1) is 5.92 Å². The van der Waals surface area contributed by atoms with Gasteiger partial charge in [-0.05, 0) is 5.92 Å². The molecule has 1 saturated carbocycles. The molecule has 0 radical (unpaired) electrons. The Balaban J connectivity index is 2.17. The minimum absolute atomic E-state index is 0.150. The van der Waals surface area contributed by atoms with Crippen molar-refractivity contribution < 1.29 is 0 Å². The van der Waals surface area contributed by atoms with Crippen LogP contribution in [0.2, 0.25) is 4.05 Å². The van der Waals surface area contributed by atoms with Gasteiger partial charge in [-0.15, -0.1) is 4.05 Å². The van der Waals surface area contributed by atoms with E-state index in [2.05, 4.69) is 19.8 Å². The first kappa shape index (κ1) is 9.34. The third kappa shape index (κ3) is 2.70. The molecule has 1 aliphatic carbocycles. The van der Waals surface area contributed by atoms with Gasteiger partial charge in [0.15, 0.2) is 0 Å². The highest BCUT2D eigenvalue weighted by molar-refractivity contribution is 9.23. The molecule has 0 nitrogen and oxygen atoms in total. The molecule has 1 fully saturated rings. The van der Waals surface area contributed by atoms with Gasteiger partial charge in [0.1, 0.15) is 0 Å². The third-order valence-electron chi connectivity index (χ3n) is 2.76. The van der Waals surface area contributed by atoms with Gasteiger partial charge in [0.05, 0.1) is 0 Å². The first-order chi connectivity index (χ1) is 4.86. The maximum Gasteiger partial charge on any atom is 0.471 e. The average Bonchev–Trinajstić information content (AvgIpc) is 2.05. The van der Waals surface area contributed by atoms with Crippen molar-refractivity contribution in [2.75, 3.05) is 0 Å². The molecule has 0 aromatic rings. The van der Waals surface area contributed by atoms with Gasteiger partial charge in [-0.25, -0.2) is 0 Å². The lowest BCUT2D eigenvalue weighted by molar-refractivity contribution is 0.350. The lowest BCUT2D eigenvalue weighted by Crippen LogP contribution is -2.11. The van der Waals surface area contributed by atoms with Gasteiger partial charge in [-0.1, -0.05) is 39.0 Å². The van der Waals surface area contributed by atoms with E-state index in [0.717, 1.165) is 9.97 Å². The average molecular weight is 215 g/mol. The van der Waals surface area contributed by atoms with Crippen LogP contribution in [0.4, 0.5) is 0 Å². The highest BCUT2D eigenvalue weighted by atomic mass is 79.9. The van der Waals surface area contributed by atoms with Crippen LogP contribution >= 0.6 is 12.9 Å². The first-order valence-corrected chi connectivity index (χ1v) is 9.14. The summed E-state index contributed by atoms with van der Waals surface area (Å²) in [4.78, 5) is 0. The molecule has 1 aliphatic rings. The van der Waals surface area contributed by atoms with E-state index in [1.165, 1.54) is 32.1 Å². The van der Waals surface area contributed by atoms with Gasteiger partial charge < -0.3 is 12.9 Å². The second-order valence-corrected chi connectivity index (χ2v) is 6.86. The van der Waals surface area contributed by atoms with Crippen LogP contribution < -0.4 is 0 Å². The molecule has 0 bridgehead atoms. The Labute approximate surface area is 79.7 Å². The Hall–Kier alpha value is 1.25. The van der Waals surface area contributed by atoms with Crippen molar-refractivity contribution in [3.8, 4) is 0 Å². The molecule has 0 heterocycles. The second kappa shape index (κ2) is 4.99. The topological polar surface area (TPSA) is 0 Å². The second-order valence-electron chi connectivity index (χ2n) is 3.45. The molecule has 0 aliphatic heterocycles. The van der Waals surface area contributed by atoms with Gasteiger partial charge >= 0.3 is 18.2 Å². The summed E-state index contributed by atoms with van der Waals surface area (Å²) in [5.74, 6) is 1.07. The van der Waals surface area contributed by atoms with Crippen molar-refractivity contribution in [1.82, 2.24) is 0 Å². The predicted molar refractivity (Wildman–Crippen MR) is 50.7 cm³/mol. The van der Waals surface area contributed by atoms with Crippen LogP contribution in [0.25, 0.3) is 0 Å². The number of hydrogen-bond donors (Lipinski definition) is 0. The molecule has 0 aromatic carbocycles. The summed E-state index contributed by atoms with van der Waals surface area (Å²) < 4.78 is 1.13. The van der Waals surface area contributed by atoms with Crippen molar-refractivity contribution in [2.45, 2.75) is 43.1 Å². The molecule has 0 aromatic heterocycles. The van der Waals surface area contributed by atoms with E-state index in [9.17, 15) is 0 Å². The molecule has 56 valence electrons. The standard InChI is InChI=1S/C8H15.BrH.Mg/c1-2-8-6-4-3-5-7-8;;/h3,8H,2,4-7H2,1H3;1H;/q;;+1/p-1. The monoisotopic (exact) mass is 214 g/mol. The third-order valence-corrected chi connectivity index (χ3v) is 6.76. The van der Waals surface area contributed by atoms with Gasteiger partial charge in [0.2, 0.25) is 0 Å². The minimum atomic E-state index is 0.150. The Morgan fingerprint density at radius 1 is 1.30 bits per heavy atom. The van der Waals surface area contributed by atoms with Gasteiger partial charge in [0, 0.05) is 0 Å². The van der Waals surface area contributed by atoms with Crippen LogP contribution in [-0.2, 0) is 0 Å². The zero-order valence-corrected chi connectivity index (χ0v) is 9.78. The molecule has 1 rings (SSSR count). The molecule has 0 atom stereocenters. The van der Waals surface area contributed by atoms with E-state index in [4.69, 9.17) is 0 Å². The van der Waals surface area contributed by atoms with E-state index >= 15 is 0 Å². The van der Waals surface area contributed by atoms with E-state index in [-0.39, 0.29) is 18.2 Å². The molecule has 0 unspecified atom stereocenters. The summed E-state index contributed by atoms with van der Waals surface area (Å²) in [6.07, 6.45) is 7.49. The summed E-state index contributed by atoms with van der Waals surface area (Å²) in [7, 11) is 0. The smallest absolute Gasteiger partial charge is 0.306 e. The normalized spacial score (nSPS) is 33.4. The van der Waals surface area contributed by atoms with Crippen LogP contribution in [0.1, 0.15) is 39.0 Å². The maximum absolute atomic E-state index is 3.69. The van der Waals surface area contributed by atoms with E-state index in [0.29, 0.717) is 0 Å². The first-order valence-electron chi connectivity index (χ1n) is 4.42. The largest absolute Gasteiger partial charge is 0.471 e. The van der Waals surface area contributed by atoms with Crippen LogP contribution in [0.5, 0.6) is 0 Å². The Bertz CT molecular complexity index is 75.3. The van der Waals surface area contributed by atoms with Crippen molar-refractivity contribution in [3.05, 3.63) is 0 Å². The molecule has 0 N–H and O–H groups in total. The fourth-order valence-electron chi connectivity index (χ4n) is 1.79. The predicted octanol–water partition coefficient (Wildman–Crippen LogP) is 3.39. The van der Waals surface area contributed by atoms with Gasteiger partial charge in [0.25, 0.3) is 0 Å². The molecular formula is C8H15BrMg. The highest BCUT2D eigenvalue weighted by Gasteiger charge is 2.19. The van der Waals surface area contributed by atoms with Crippen LogP contribution in [-0.4, -0.2) is 18.2 Å². The Morgan fingerprint density at radius 3 is 2.30 bits per heavy atom. The van der Waals surface area contributed by atoms with E-state index in [1.807, 2.05) is 0 Å². The molecule has 0 amide bonds. The zero-order valence-electron chi connectivity index (χ0n) is 6.78. The molecule has 0 spiro atoms. The number of rotatable bonds is 2. The van der Waals surface area contributed by atoms with Gasteiger partial charge in [-0.2, -0.15) is 0 Å². The lowest BCUT2D eigenvalue weighted by Gasteiger charge is -2.26. The zero-order chi connectivity index (χ0) is 7.40. The molecule has 10 heavy (non-hydrogen) atoms. The summed E-state index contributed by atoms with van der Waals surface area (Å²) in [5.41, 5.74) is 0. The summed E-state index contributed by atoms with van der Waals surface area (Å²) in [6, 6.07) is 0. The van der Waals surface area contributed by atoms with E-state index in [1.54, 1.807) is 0 Å². The van der Waals surface area contributed by atoms with Crippen LogP contribution in [0.3, 0.4) is 0 Å². The molecule has 2 heteroatoms. The quantitative estimate of drug-likeness (QED) is 0.619. The minimum Gasteiger partial charge on any atom is -0.306 e. The summed E-state index contributed by atoms with van der Waals surface area (Å²) >= 11 is 3.84. The van der Waals surface area contributed by atoms with Crippen molar-refractivity contribution in [1.29, 1.82) is 0 Å².